The van der Waals surface area contributed by atoms with Crippen molar-refractivity contribution < 1.29 is 13.6 Å². The van der Waals surface area contributed by atoms with E-state index in [0.29, 0.717) is 19.0 Å². The number of rotatable bonds is 7. The second-order valence-electron chi connectivity index (χ2n) is 3.55. The maximum Gasteiger partial charge on any atom is 0.341 e. The van der Waals surface area contributed by atoms with Crippen molar-refractivity contribution in [2.24, 2.45) is 0 Å². The van der Waals surface area contributed by atoms with Gasteiger partial charge in [0.25, 0.3) is 0 Å². The molecule has 1 rings (SSSR count). The number of aromatic amines is 1. The van der Waals surface area contributed by atoms with E-state index in [2.05, 4.69) is 15.2 Å². The normalized spacial score (nSPS) is 13.9. The molecule has 1 atom stereocenters. The van der Waals surface area contributed by atoms with Crippen molar-refractivity contribution in [2.75, 3.05) is 13.2 Å². The average molecular weight is 261 g/mol. The molecule has 1 aromatic rings. The lowest BCUT2D eigenvalue weighted by Gasteiger charge is -2.21. The maximum absolute atomic E-state index is 12.5. The van der Waals surface area contributed by atoms with Gasteiger partial charge in [-0.3, -0.25) is 9.66 Å². The highest BCUT2D eigenvalue weighted by atomic mass is 31.2. The Kier molecular flexibility index (Phi) is 5.31. The number of H-pyrrole nitrogens is 1. The third kappa shape index (κ3) is 3.37. The van der Waals surface area contributed by atoms with E-state index < -0.39 is 13.3 Å². The molecule has 0 fully saturated rings. The van der Waals surface area contributed by atoms with Crippen LogP contribution in [0.15, 0.2) is 0 Å². The van der Waals surface area contributed by atoms with Gasteiger partial charge in [0.2, 0.25) is 0 Å². The molecule has 1 aromatic heterocycles. The van der Waals surface area contributed by atoms with Crippen LogP contribution in [0.25, 0.3) is 0 Å². The van der Waals surface area contributed by atoms with Crippen LogP contribution in [0.2, 0.25) is 0 Å². The molecule has 1 N–H and O–H groups in total. The second-order valence-corrected chi connectivity index (χ2v) is 5.92. The first kappa shape index (κ1) is 14.4. The molecule has 0 aliphatic heterocycles. The maximum atomic E-state index is 12.5. The fourth-order valence-corrected chi connectivity index (χ4v) is 3.06. The predicted octanol–water partition coefficient (Wildman–Crippen LogP) is 2.69. The van der Waals surface area contributed by atoms with Gasteiger partial charge in [-0.25, -0.2) is 4.98 Å². The number of nitrogens with zero attached hydrogens (tertiary/aromatic N) is 2. The molecule has 7 heteroatoms. The lowest BCUT2D eigenvalue weighted by atomic mass is 10.4. The highest BCUT2D eigenvalue weighted by Gasteiger charge is 2.35. The molecule has 1 unspecified atom stereocenters. The summed E-state index contributed by atoms with van der Waals surface area (Å²) in [6.07, 6.45) is 0.757. The lowest BCUT2D eigenvalue weighted by molar-refractivity contribution is 0.212. The highest BCUT2D eigenvalue weighted by molar-refractivity contribution is 7.54. The molecular weight excluding hydrogens is 241 g/mol. The van der Waals surface area contributed by atoms with Crippen LogP contribution in [0, 0.1) is 0 Å². The van der Waals surface area contributed by atoms with E-state index >= 15 is 0 Å². The lowest BCUT2D eigenvalue weighted by Crippen LogP contribution is -2.05. The van der Waals surface area contributed by atoms with E-state index in [1.807, 2.05) is 6.92 Å². The van der Waals surface area contributed by atoms with Crippen molar-refractivity contribution in [2.45, 2.75) is 39.8 Å². The minimum Gasteiger partial charge on any atom is -0.308 e. The summed E-state index contributed by atoms with van der Waals surface area (Å²) in [6.45, 7) is 7.98. The van der Waals surface area contributed by atoms with Gasteiger partial charge in [-0.05, 0) is 20.8 Å². The molecule has 0 aromatic carbocycles. The van der Waals surface area contributed by atoms with Gasteiger partial charge in [0, 0.05) is 6.42 Å². The average Bonchev–Trinajstić information content (AvgIpc) is 2.77. The topological polar surface area (TPSA) is 77.1 Å². The number of hydrogen-bond acceptors (Lipinski definition) is 5. The monoisotopic (exact) mass is 261 g/mol. The van der Waals surface area contributed by atoms with E-state index in [1.165, 1.54) is 0 Å². The van der Waals surface area contributed by atoms with Crippen molar-refractivity contribution in [1.29, 1.82) is 0 Å². The molecule has 1 heterocycles. The van der Waals surface area contributed by atoms with E-state index in [1.54, 1.807) is 20.8 Å². The van der Waals surface area contributed by atoms with E-state index in [-0.39, 0.29) is 0 Å². The van der Waals surface area contributed by atoms with Gasteiger partial charge in [-0.2, -0.15) is 5.10 Å². The molecule has 17 heavy (non-hydrogen) atoms. The second kappa shape index (κ2) is 6.28. The Hall–Kier alpha value is -0.710. The van der Waals surface area contributed by atoms with E-state index in [0.717, 1.165) is 12.2 Å². The SMILES string of the molecule is CCOP(=O)(OCC)C(C)c1n[nH]c(CC)n1. The smallest absolute Gasteiger partial charge is 0.308 e. The van der Waals surface area contributed by atoms with Crippen LogP contribution in [0.1, 0.15) is 45.0 Å². The van der Waals surface area contributed by atoms with Gasteiger partial charge in [0.15, 0.2) is 5.82 Å². The Morgan fingerprint density at radius 1 is 1.29 bits per heavy atom. The summed E-state index contributed by atoms with van der Waals surface area (Å²) in [6, 6.07) is 0. The van der Waals surface area contributed by atoms with Crippen LogP contribution in [0.5, 0.6) is 0 Å². The Labute approximate surface area is 102 Å². The quantitative estimate of drug-likeness (QED) is 0.763. The molecule has 0 bridgehead atoms. The van der Waals surface area contributed by atoms with Crippen molar-refractivity contribution in [1.82, 2.24) is 15.2 Å². The van der Waals surface area contributed by atoms with Crippen LogP contribution < -0.4 is 0 Å². The molecule has 0 amide bonds. The summed E-state index contributed by atoms with van der Waals surface area (Å²) in [4.78, 5) is 4.26. The zero-order valence-corrected chi connectivity index (χ0v) is 11.7. The molecular formula is C10H20N3O3P. The van der Waals surface area contributed by atoms with Gasteiger partial charge >= 0.3 is 7.60 Å². The summed E-state index contributed by atoms with van der Waals surface area (Å²) in [5, 5.41) is 6.85. The summed E-state index contributed by atoms with van der Waals surface area (Å²) in [5.41, 5.74) is -0.459. The fourth-order valence-electron chi connectivity index (χ4n) is 1.42. The van der Waals surface area contributed by atoms with Crippen LogP contribution in [-0.2, 0) is 20.0 Å². The molecule has 0 radical (unpaired) electrons. The third-order valence-electron chi connectivity index (χ3n) is 2.35. The molecule has 0 spiro atoms. The zero-order valence-electron chi connectivity index (χ0n) is 10.8. The first-order chi connectivity index (χ1) is 8.07. The molecule has 0 saturated heterocycles. The predicted molar refractivity (Wildman–Crippen MR) is 65.0 cm³/mol. The summed E-state index contributed by atoms with van der Waals surface area (Å²) in [5.74, 6) is 1.25. The largest absolute Gasteiger partial charge is 0.341 e. The summed E-state index contributed by atoms with van der Waals surface area (Å²) in [7, 11) is -3.17. The molecule has 0 aliphatic rings. The van der Waals surface area contributed by atoms with Crippen LogP contribution in [-0.4, -0.2) is 28.4 Å². The van der Waals surface area contributed by atoms with Crippen LogP contribution >= 0.6 is 7.60 Å². The van der Waals surface area contributed by atoms with E-state index in [9.17, 15) is 4.57 Å². The van der Waals surface area contributed by atoms with Gasteiger partial charge in [0.1, 0.15) is 11.5 Å². The van der Waals surface area contributed by atoms with Crippen molar-refractivity contribution >= 4 is 7.60 Å². The highest BCUT2D eigenvalue weighted by Crippen LogP contribution is 2.59. The zero-order chi connectivity index (χ0) is 12.9. The molecule has 0 aliphatic carbocycles. The minimum absolute atomic E-state index is 0.340. The molecule has 6 nitrogen and oxygen atoms in total. The Morgan fingerprint density at radius 2 is 1.88 bits per heavy atom. The van der Waals surface area contributed by atoms with Crippen LogP contribution in [0.4, 0.5) is 0 Å². The number of nitrogens with one attached hydrogen (secondary N) is 1. The fraction of sp³-hybridized carbons (Fsp3) is 0.800. The van der Waals surface area contributed by atoms with Crippen LogP contribution in [0.3, 0.4) is 0 Å². The van der Waals surface area contributed by atoms with Gasteiger partial charge in [0.05, 0.1) is 13.2 Å². The number of aryl methyl sites for hydroxylation is 1. The first-order valence-electron chi connectivity index (χ1n) is 5.87. The Bertz CT molecular complexity index is 384. The number of hydrogen-bond donors (Lipinski definition) is 1. The van der Waals surface area contributed by atoms with Crippen molar-refractivity contribution in [3.05, 3.63) is 11.6 Å². The standard InChI is InChI=1S/C10H20N3O3P/c1-5-9-11-10(13-12-9)8(4)17(14,15-6-2)16-7-3/h8H,5-7H2,1-4H3,(H,11,12,13). The third-order valence-corrected chi connectivity index (χ3v) is 4.77. The van der Waals surface area contributed by atoms with Crippen molar-refractivity contribution in [3.8, 4) is 0 Å². The van der Waals surface area contributed by atoms with Gasteiger partial charge < -0.3 is 9.05 Å². The van der Waals surface area contributed by atoms with Gasteiger partial charge in [-0.15, -0.1) is 0 Å². The molecule has 98 valence electrons. The minimum atomic E-state index is -3.17. The Balaban J connectivity index is 2.90. The molecule has 0 saturated carbocycles. The summed E-state index contributed by atoms with van der Waals surface area (Å²) < 4.78 is 23.0. The number of aromatic nitrogens is 3. The Morgan fingerprint density at radius 3 is 2.29 bits per heavy atom. The summed E-state index contributed by atoms with van der Waals surface area (Å²) >= 11 is 0. The van der Waals surface area contributed by atoms with Crippen molar-refractivity contribution in [3.63, 3.8) is 0 Å². The first-order valence-corrected chi connectivity index (χ1v) is 7.48. The van der Waals surface area contributed by atoms with Gasteiger partial charge in [-0.1, -0.05) is 6.92 Å². The van der Waals surface area contributed by atoms with E-state index in [4.69, 9.17) is 9.05 Å².